The minimum absolute atomic E-state index is 0.0150. The van der Waals surface area contributed by atoms with Gasteiger partial charge in [-0.15, -0.1) is 0 Å². The van der Waals surface area contributed by atoms with Gasteiger partial charge < -0.3 is 91.7 Å². The first kappa shape index (κ1) is 109. The molecule has 27 nitrogen and oxygen atoms in total. The van der Waals surface area contributed by atoms with Crippen LogP contribution in [0.5, 0.6) is 51.7 Å². The molecule has 734 valence electrons. The number of rotatable bonds is 22. The Hall–Kier alpha value is -19.1. The van der Waals surface area contributed by atoms with Crippen LogP contribution in [0.3, 0.4) is 0 Å². The summed E-state index contributed by atoms with van der Waals surface area (Å²) in [6, 6.07) is 84.7. The van der Waals surface area contributed by atoms with Gasteiger partial charge in [0.25, 0.3) is 35.4 Å². The molecule has 14 N–H and O–H groups in total. The van der Waals surface area contributed by atoms with Gasteiger partial charge in [-0.1, -0.05) is 229 Å². The average molecular weight is 1940 g/mol. The molecule has 16 aromatic carbocycles. The summed E-state index contributed by atoms with van der Waals surface area (Å²) in [5, 5.41) is 107. The third-order valence-corrected chi connectivity index (χ3v) is 20.8. The molecule has 16 aromatic rings. The highest BCUT2D eigenvalue weighted by Crippen LogP contribution is 2.38. The molecule has 0 fully saturated rings. The first-order valence-electron chi connectivity index (χ1n) is 44.6. The molecule has 0 aliphatic rings. The van der Waals surface area contributed by atoms with Crippen molar-refractivity contribution >= 4 is 174 Å². The molecule has 0 aliphatic heterocycles. The number of aromatic hydroxyl groups is 8. The highest BCUT2D eigenvalue weighted by molar-refractivity contribution is 6.15. The monoisotopic (exact) mass is 1930 g/mol. The van der Waals surface area contributed by atoms with E-state index in [1.54, 1.807) is 213 Å². The highest BCUT2D eigenvalue weighted by Gasteiger charge is 2.18. The van der Waals surface area contributed by atoms with Crippen molar-refractivity contribution in [1.82, 2.24) is 0 Å². The number of benzene rings is 16. The van der Waals surface area contributed by atoms with Gasteiger partial charge in [-0.3, -0.25) is 28.8 Å². The normalized spacial score (nSPS) is 10.2. The van der Waals surface area contributed by atoms with E-state index in [0.29, 0.717) is 100 Å². The van der Waals surface area contributed by atoms with Crippen molar-refractivity contribution in [1.29, 1.82) is 0 Å². The maximum atomic E-state index is 11.9. The van der Waals surface area contributed by atoms with Crippen molar-refractivity contribution in [3.05, 3.63) is 394 Å². The summed E-state index contributed by atoms with van der Waals surface area (Å²) in [6.45, 7) is 41.8. The predicted molar refractivity (Wildman–Crippen MR) is 573 cm³/mol. The van der Waals surface area contributed by atoms with Gasteiger partial charge in [-0.25, -0.2) is 14.4 Å². The summed E-state index contributed by atoms with van der Waals surface area (Å²) in [6.07, 6.45) is 0. The summed E-state index contributed by atoms with van der Waals surface area (Å²) in [5.74, 6) is -0.908. The van der Waals surface area contributed by atoms with Crippen molar-refractivity contribution in [2.75, 3.05) is 58.3 Å². The summed E-state index contributed by atoms with van der Waals surface area (Å²) in [5.41, 5.74) is 7.33. The summed E-state index contributed by atoms with van der Waals surface area (Å²) in [4.78, 5) is 104. The molecular formula is C117H110N6O21. The average Bonchev–Trinajstić information content (AvgIpc) is 0.808. The first-order chi connectivity index (χ1) is 68.6. The van der Waals surface area contributed by atoms with Crippen molar-refractivity contribution in [3.63, 3.8) is 0 Å². The Morgan fingerprint density at radius 2 is 0.576 bits per heavy atom. The van der Waals surface area contributed by atoms with E-state index in [9.17, 15) is 84.0 Å². The molecule has 0 atom stereocenters. The highest BCUT2D eigenvalue weighted by atomic mass is 16.6. The number of phenols is 8. The van der Waals surface area contributed by atoms with Crippen molar-refractivity contribution < 1.29 is 103 Å². The minimum atomic E-state index is -0.512. The van der Waals surface area contributed by atoms with Gasteiger partial charge in [0.2, 0.25) is 0 Å². The molecule has 0 bridgehead atoms. The van der Waals surface area contributed by atoms with E-state index in [-0.39, 0.29) is 108 Å². The number of hydrogen-bond donors (Lipinski definition) is 14. The molecular weight excluding hydrogens is 1830 g/mol. The standard InChI is InChI=1S/C17H16O5.C16H16O4.6C14H13NO2/c1-11(2)16(19)21-7-8-22-17(20)14-4-3-13-10-15(18)6-5-12(13)9-14;1-11(2)16(18)20-10-9-19-15-8-4-5-12-13(15)6-3-7-14(12)17;1-9(2)14(17)15-12-7-3-6-11-10(12)5-4-8-13(11)16;1-9(2)14(17)15-11-7-3-5-10-6-4-8-12(16)13(10)11;1-9(2)14(17)15-13-5-3-4-10-8-11(16)6-7-12(10)13;1-9(2)14(17)15-13-8-11(16)7-10-5-3-4-6-12(10)13;1-9(2)14(17)15-12-7-8-13(16)11-6-4-3-5-10(11)12;1-9(2)14(17)15-13-11-6-4-3-5-10(11)7-8-12(13)16/h3-6,9-10,18H,1,7-8H2,2H3;3-8,17H,1,9-10H2,2H3;6*3-8,16H,1H2,2H3,(H,15,17). The number of phenolic OH excluding ortho intramolecular Hbond substituents is 8. The van der Waals surface area contributed by atoms with E-state index in [4.69, 9.17) is 18.9 Å². The fourth-order valence-corrected chi connectivity index (χ4v) is 13.4. The Balaban J connectivity index is 0.000000184. The van der Waals surface area contributed by atoms with Crippen LogP contribution in [0.4, 0.5) is 34.1 Å². The van der Waals surface area contributed by atoms with E-state index < -0.39 is 17.9 Å². The van der Waals surface area contributed by atoms with Crippen LogP contribution in [-0.2, 0) is 52.6 Å². The van der Waals surface area contributed by atoms with E-state index in [1.165, 1.54) is 6.07 Å². The van der Waals surface area contributed by atoms with Gasteiger partial charge in [0.1, 0.15) is 78.2 Å². The molecule has 16 rings (SSSR count). The molecule has 0 unspecified atom stereocenters. The Morgan fingerprint density at radius 3 is 1.13 bits per heavy atom. The second kappa shape index (κ2) is 51.9. The fourth-order valence-electron chi connectivity index (χ4n) is 13.4. The number of carbonyl (C=O) groups excluding carboxylic acids is 9. The van der Waals surface area contributed by atoms with Crippen LogP contribution in [-0.4, -0.2) is 121 Å². The quantitative estimate of drug-likeness (QED) is 0.00748. The van der Waals surface area contributed by atoms with E-state index in [1.807, 2.05) is 127 Å². The van der Waals surface area contributed by atoms with Gasteiger partial charge in [-0.05, 0) is 197 Å². The number of ether oxygens (including phenoxy) is 4. The zero-order chi connectivity index (χ0) is 105. The fraction of sp³-hybridized carbons (Fsp3) is 0.103. The molecule has 0 heterocycles. The maximum Gasteiger partial charge on any atom is 0.338 e. The number of fused-ring (bicyclic) bond motifs is 8. The van der Waals surface area contributed by atoms with E-state index >= 15 is 0 Å². The van der Waals surface area contributed by atoms with Crippen LogP contribution in [0.1, 0.15) is 65.7 Å². The van der Waals surface area contributed by atoms with Gasteiger partial charge in [0.05, 0.1) is 22.6 Å². The second-order valence-electron chi connectivity index (χ2n) is 32.7. The molecule has 0 aromatic heterocycles. The molecule has 0 radical (unpaired) electrons. The Morgan fingerprint density at radius 1 is 0.236 bits per heavy atom. The number of nitrogens with one attached hydrogen (secondary N) is 6. The Labute approximate surface area is 831 Å². The zero-order valence-corrected chi connectivity index (χ0v) is 80.6. The van der Waals surface area contributed by atoms with Crippen LogP contribution in [0.15, 0.2) is 388 Å². The third-order valence-electron chi connectivity index (χ3n) is 20.8. The summed E-state index contributed by atoms with van der Waals surface area (Å²) >= 11 is 0. The van der Waals surface area contributed by atoms with Crippen LogP contribution >= 0.6 is 0 Å². The first-order valence-corrected chi connectivity index (χ1v) is 44.6. The van der Waals surface area contributed by atoms with Crippen molar-refractivity contribution in [2.45, 2.75) is 55.4 Å². The number of carbonyl (C=O) groups is 9. The largest absolute Gasteiger partial charge is 0.508 e. The van der Waals surface area contributed by atoms with Crippen LogP contribution < -0.4 is 36.6 Å². The molecule has 0 aliphatic carbocycles. The van der Waals surface area contributed by atoms with E-state index in [0.717, 1.165) is 75.7 Å². The van der Waals surface area contributed by atoms with Crippen LogP contribution in [0, 0.1) is 0 Å². The van der Waals surface area contributed by atoms with Crippen LogP contribution in [0.2, 0.25) is 0 Å². The topological polar surface area (TPSA) is 425 Å². The van der Waals surface area contributed by atoms with Gasteiger partial charge in [0.15, 0.2) is 0 Å². The maximum absolute atomic E-state index is 11.9. The predicted octanol–water partition coefficient (Wildman–Crippen LogP) is 24.2. The van der Waals surface area contributed by atoms with Crippen molar-refractivity contribution in [2.24, 2.45) is 0 Å². The second-order valence-corrected chi connectivity index (χ2v) is 32.7. The minimum Gasteiger partial charge on any atom is -0.508 e. The zero-order valence-electron chi connectivity index (χ0n) is 80.6. The number of amides is 6. The molecule has 0 saturated carbocycles. The summed E-state index contributed by atoms with van der Waals surface area (Å²) < 4.78 is 20.4. The Bertz CT molecular complexity index is 7570. The Kier molecular flexibility index (Phi) is 39.2. The van der Waals surface area contributed by atoms with Gasteiger partial charge in [-0.2, -0.15) is 0 Å². The van der Waals surface area contributed by atoms with Crippen molar-refractivity contribution in [3.8, 4) is 51.7 Å². The lowest BCUT2D eigenvalue weighted by molar-refractivity contribution is -0.140. The number of esters is 3. The SMILES string of the molecule is C=C(C)C(=O)Nc1c(O)ccc2ccccc12.C=C(C)C(=O)Nc1cc(O)cc2ccccc12.C=C(C)C(=O)Nc1ccc(O)c2ccccc12.C=C(C)C(=O)Nc1cccc2c(O)cccc12.C=C(C)C(=O)Nc1cccc2cc(O)ccc12.C=C(C)C(=O)Nc1cccc2cccc(O)c12.C=C(C)C(=O)OCCOC(=O)c1ccc2cc(O)ccc2c1.C=C(C)C(=O)OCCOc1cccc2c(O)cccc12. The molecule has 0 spiro atoms. The van der Waals surface area contributed by atoms with Gasteiger partial charge in [0, 0.05) is 122 Å². The molecule has 144 heavy (non-hydrogen) atoms. The number of hydrogen-bond acceptors (Lipinski definition) is 21. The molecule has 27 heteroatoms. The molecule has 6 amide bonds. The smallest absolute Gasteiger partial charge is 0.338 e. The number of anilines is 6. The lowest BCUT2D eigenvalue weighted by atomic mass is 10.1. The third kappa shape index (κ3) is 31.0. The summed E-state index contributed by atoms with van der Waals surface area (Å²) in [7, 11) is 0. The lowest BCUT2D eigenvalue weighted by Crippen LogP contribution is -2.14. The molecule has 0 saturated heterocycles. The van der Waals surface area contributed by atoms with Gasteiger partial charge >= 0.3 is 17.9 Å². The van der Waals surface area contributed by atoms with E-state index in [2.05, 4.69) is 84.5 Å². The lowest BCUT2D eigenvalue weighted by Gasteiger charge is -2.10. The van der Waals surface area contributed by atoms with Crippen LogP contribution in [0.25, 0.3) is 86.2 Å².